The highest BCUT2D eigenvalue weighted by atomic mass is 35.5. The minimum Gasteiger partial charge on any atom is -0.294 e. The Morgan fingerprint density at radius 3 is 2.67 bits per heavy atom. The third kappa shape index (κ3) is 3.73. The quantitative estimate of drug-likeness (QED) is 0.729. The molecule has 3 nitrogen and oxygen atoms in total. The molecule has 4 heteroatoms. The molecule has 0 amide bonds. The fourth-order valence-electron chi connectivity index (χ4n) is 2.49. The summed E-state index contributed by atoms with van der Waals surface area (Å²) in [6.45, 7) is 6.22. The number of rotatable bonds is 6. The predicted octanol–water partition coefficient (Wildman–Crippen LogP) is 4.63. The summed E-state index contributed by atoms with van der Waals surface area (Å²) in [7, 11) is 0. The van der Waals surface area contributed by atoms with Crippen molar-refractivity contribution in [2.75, 3.05) is 0 Å². The van der Waals surface area contributed by atoms with Gasteiger partial charge < -0.3 is 0 Å². The molecule has 1 heterocycles. The van der Waals surface area contributed by atoms with Crippen molar-refractivity contribution >= 4 is 17.4 Å². The number of halogens is 1. The number of aryl methyl sites for hydroxylation is 1. The van der Waals surface area contributed by atoms with Crippen molar-refractivity contribution < 1.29 is 4.79 Å². The molecule has 0 fully saturated rings. The van der Waals surface area contributed by atoms with Crippen LogP contribution in [-0.2, 0) is 6.42 Å². The number of carbonyl (C=O) groups excluding carboxylic acids is 1. The van der Waals surface area contributed by atoms with E-state index in [0.717, 1.165) is 24.1 Å². The van der Waals surface area contributed by atoms with Gasteiger partial charge in [-0.3, -0.25) is 9.48 Å². The summed E-state index contributed by atoms with van der Waals surface area (Å²) in [5.74, 6) is 0.0600. The Balaban J connectivity index is 2.15. The van der Waals surface area contributed by atoms with E-state index in [2.05, 4.69) is 18.9 Å². The molecule has 0 atom stereocenters. The molecular formula is C17H21ClN2O. The number of aromatic nitrogens is 2. The minimum atomic E-state index is 0.0600. The standard InChI is InChI=1S/C17H21ClN2O/c1-4-15(5-2)20-9-8-14(19-20)11-17(21)16-10-13(18)7-6-12(16)3/h6-10,15H,4-5,11H2,1-3H3. The number of hydrogen-bond donors (Lipinski definition) is 0. The Morgan fingerprint density at radius 1 is 1.29 bits per heavy atom. The van der Waals surface area contributed by atoms with Gasteiger partial charge in [-0.2, -0.15) is 5.10 Å². The van der Waals surface area contributed by atoms with Gasteiger partial charge in [0.05, 0.1) is 18.2 Å². The summed E-state index contributed by atoms with van der Waals surface area (Å²) in [6, 6.07) is 7.74. The normalized spacial score (nSPS) is 11.1. The van der Waals surface area contributed by atoms with Crippen LogP contribution in [0.1, 0.15) is 54.3 Å². The van der Waals surface area contributed by atoms with E-state index in [1.165, 1.54) is 0 Å². The van der Waals surface area contributed by atoms with E-state index >= 15 is 0 Å². The first-order chi connectivity index (χ1) is 10.0. The molecule has 1 aromatic carbocycles. The molecule has 0 aliphatic carbocycles. The summed E-state index contributed by atoms with van der Waals surface area (Å²) >= 11 is 5.98. The van der Waals surface area contributed by atoms with Crippen molar-refractivity contribution in [2.24, 2.45) is 0 Å². The van der Waals surface area contributed by atoms with Crippen LogP contribution in [-0.4, -0.2) is 15.6 Å². The van der Waals surface area contributed by atoms with Gasteiger partial charge in [0.1, 0.15) is 0 Å². The van der Waals surface area contributed by atoms with E-state index in [4.69, 9.17) is 11.6 Å². The number of ketones is 1. The van der Waals surface area contributed by atoms with E-state index in [-0.39, 0.29) is 5.78 Å². The van der Waals surface area contributed by atoms with Crippen molar-refractivity contribution in [1.29, 1.82) is 0 Å². The summed E-state index contributed by atoms with van der Waals surface area (Å²) < 4.78 is 1.97. The van der Waals surface area contributed by atoms with Gasteiger partial charge in [0, 0.05) is 16.8 Å². The third-order valence-corrected chi connectivity index (χ3v) is 4.06. The van der Waals surface area contributed by atoms with Crippen molar-refractivity contribution in [1.82, 2.24) is 9.78 Å². The topological polar surface area (TPSA) is 34.9 Å². The maximum atomic E-state index is 12.4. The summed E-state index contributed by atoms with van der Waals surface area (Å²) in [6.07, 6.45) is 4.36. The zero-order chi connectivity index (χ0) is 15.4. The molecule has 0 radical (unpaired) electrons. The Kier molecular flexibility index (Phi) is 5.18. The van der Waals surface area contributed by atoms with Crippen LogP contribution in [0, 0.1) is 6.92 Å². The zero-order valence-electron chi connectivity index (χ0n) is 12.8. The Labute approximate surface area is 130 Å². The van der Waals surface area contributed by atoms with E-state index in [9.17, 15) is 4.79 Å². The maximum Gasteiger partial charge on any atom is 0.169 e. The van der Waals surface area contributed by atoms with Crippen LogP contribution in [0.4, 0.5) is 0 Å². The van der Waals surface area contributed by atoms with Crippen LogP contribution in [0.3, 0.4) is 0 Å². The lowest BCUT2D eigenvalue weighted by Crippen LogP contribution is -2.10. The van der Waals surface area contributed by atoms with E-state index in [1.807, 2.05) is 29.9 Å². The molecule has 1 aromatic heterocycles. The smallest absolute Gasteiger partial charge is 0.169 e. The van der Waals surface area contributed by atoms with Crippen LogP contribution in [0.15, 0.2) is 30.5 Å². The van der Waals surface area contributed by atoms with Gasteiger partial charge in [-0.25, -0.2) is 0 Å². The first kappa shape index (κ1) is 15.8. The van der Waals surface area contributed by atoms with Gasteiger partial charge in [-0.1, -0.05) is 31.5 Å². The van der Waals surface area contributed by atoms with Gasteiger partial charge in [-0.05, 0) is 43.5 Å². The van der Waals surface area contributed by atoms with Crippen molar-refractivity contribution in [3.05, 3.63) is 52.3 Å². The molecule has 112 valence electrons. The molecule has 0 aliphatic rings. The third-order valence-electron chi connectivity index (χ3n) is 3.82. The van der Waals surface area contributed by atoms with Crippen molar-refractivity contribution in [3.63, 3.8) is 0 Å². The summed E-state index contributed by atoms with van der Waals surface area (Å²) in [5.41, 5.74) is 2.44. The average Bonchev–Trinajstić information content (AvgIpc) is 2.91. The number of nitrogens with zero attached hydrogens (tertiary/aromatic N) is 2. The average molecular weight is 305 g/mol. The molecule has 2 aromatic rings. The Hall–Kier alpha value is -1.61. The molecule has 2 rings (SSSR count). The highest BCUT2D eigenvalue weighted by Gasteiger charge is 2.14. The molecule has 0 bridgehead atoms. The van der Waals surface area contributed by atoms with E-state index in [1.54, 1.807) is 12.1 Å². The van der Waals surface area contributed by atoms with E-state index in [0.29, 0.717) is 23.0 Å². The largest absolute Gasteiger partial charge is 0.294 e. The zero-order valence-corrected chi connectivity index (χ0v) is 13.5. The van der Waals surface area contributed by atoms with Gasteiger partial charge >= 0.3 is 0 Å². The highest BCUT2D eigenvalue weighted by Crippen LogP contribution is 2.18. The summed E-state index contributed by atoms with van der Waals surface area (Å²) in [4.78, 5) is 12.4. The molecule has 0 spiro atoms. The lowest BCUT2D eigenvalue weighted by Gasteiger charge is -2.12. The number of benzene rings is 1. The van der Waals surface area contributed by atoms with Gasteiger partial charge in [-0.15, -0.1) is 0 Å². The second kappa shape index (κ2) is 6.90. The SMILES string of the molecule is CCC(CC)n1ccc(CC(=O)c2cc(Cl)ccc2C)n1. The number of hydrogen-bond acceptors (Lipinski definition) is 2. The van der Waals surface area contributed by atoms with Gasteiger partial charge in [0.2, 0.25) is 0 Å². The molecule has 0 unspecified atom stereocenters. The highest BCUT2D eigenvalue weighted by molar-refractivity contribution is 6.31. The van der Waals surface area contributed by atoms with Crippen LogP contribution in [0.2, 0.25) is 5.02 Å². The first-order valence-corrected chi connectivity index (χ1v) is 7.76. The second-order valence-corrected chi connectivity index (χ2v) is 5.75. The second-order valence-electron chi connectivity index (χ2n) is 5.32. The van der Waals surface area contributed by atoms with Crippen LogP contribution in [0.25, 0.3) is 0 Å². The van der Waals surface area contributed by atoms with Crippen LogP contribution in [0.5, 0.6) is 0 Å². The molecular weight excluding hydrogens is 284 g/mol. The summed E-state index contributed by atoms with van der Waals surface area (Å²) in [5, 5.41) is 5.12. The van der Waals surface area contributed by atoms with Crippen LogP contribution >= 0.6 is 11.6 Å². The predicted molar refractivity (Wildman–Crippen MR) is 86.1 cm³/mol. The molecule has 21 heavy (non-hydrogen) atoms. The lowest BCUT2D eigenvalue weighted by molar-refractivity contribution is 0.0991. The molecule has 0 saturated carbocycles. The number of carbonyl (C=O) groups is 1. The van der Waals surface area contributed by atoms with Gasteiger partial charge in [0.25, 0.3) is 0 Å². The fraction of sp³-hybridized carbons (Fsp3) is 0.412. The van der Waals surface area contributed by atoms with Crippen molar-refractivity contribution in [3.8, 4) is 0 Å². The Bertz CT molecular complexity index is 629. The van der Waals surface area contributed by atoms with Crippen molar-refractivity contribution in [2.45, 2.75) is 46.1 Å². The van der Waals surface area contributed by atoms with Gasteiger partial charge in [0.15, 0.2) is 5.78 Å². The van der Waals surface area contributed by atoms with Crippen LogP contribution < -0.4 is 0 Å². The monoisotopic (exact) mass is 304 g/mol. The lowest BCUT2D eigenvalue weighted by atomic mass is 10.0. The molecule has 0 N–H and O–H groups in total. The Morgan fingerprint density at radius 2 is 2.00 bits per heavy atom. The molecule has 0 saturated heterocycles. The molecule has 0 aliphatic heterocycles. The number of Topliss-reactive ketones (excluding diaryl/α,β-unsaturated/α-hetero) is 1. The van der Waals surface area contributed by atoms with E-state index < -0.39 is 0 Å². The maximum absolute atomic E-state index is 12.4. The fourth-order valence-corrected chi connectivity index (χ4v) is 2.66. The minimum absolute atomic E-state index is 0.0600. The first-order valence-electron chi connectivity index (χ1n) is 7.38.